The molecule has 0 aliphatic carbocycles. The van der Waals surface area contributed by atoms with Crippen LogP contribution in [0.2, 0.25) is 5.02 Å². The SMILES string of the molecule is Cc1ccccc1Nc1nc(N)nc(CSc2nnc(COc3ccc(Cl)cc3)n2C)n1. The van der Waals surface area contributed by atoms with Crippen LogP contribution in [0.3, 0.4) is 0 Å². The summed E-state index contributed by atoms with van der Waals surface area (Å²) < 4.78 is 7.63. The maximum absolute atomic E-state index is 5.90. The fourth-order valence-electron chi connectivity index (χ4n) is 2.80. The van der Waals surface area contributed by atoms with Gasteiger partial charge in [-0.25, -0.2) is 0 Å². The van der Waals surface area contributed by atoms with Crippen molar-refractivity contribution < 1.29 is 4.74 Å². The number of aryl methyl sites for hydroxylation is 1. The van der Waals surface area contributed by atoms with Gasteiger partial charge < -0.3 is 20.4 Å². The molecule has 4 aromatic rings. The zero-order valence-electron chi connectivity index (χ0n) is 17.5. The highest BCUT2D eigenvalue weighted by Crippen LogP contribution is 2.23. The second-order valence-electron chi connectivity index (χ2n) is 6.86. The highest BCUT2D eigenvalue weighted by molar-refractivity contribution is 7.98. The van der Waals surface area contributed by atoms with E-state index in [1.54, 1.807) is 12.1 Å². The van der Waals surface area contributed by atoms with E-state index in [1.807, 2.05) is 54.9 Å². The van der Waals surface area contributed by atoms with Gasteiger partial charge in [-0.2, -0.15) is 15.0 Å². The zero-order valence-corrected chi connectivity index (χ0v) is 19.1. The Balaban J connectivity index is 1.40. The largest absolute Gasteiger partial charge is 0.486 e. The monoisotopic (exact) mass is 468 g/mol. The van der Waals surface area contributed by atoms with Crippen molar-refractivity contribution in [2.45, 2.75) is 24.4 Å². The van der Waals surface area contributed by atoms with Gasteiger partial charge in [-0.05, 0) is 42.8 Å². The van der Waals surface area contributed by atoms with Crippen molar-refractivity contribution in [2.24, 2.45) is 7.05 Å². The van der Waals surface area contributed by atoms with Gasteiger partial charge in [-0.1, -0.05) is 41.6 Å². The van der Waals surface area contributed by atoms with E-state index in [0.717, 1.165) is 11.3 Å². The van der Waals surface area contributed by atoms with Crippen molar-refractivity contribution in [3.05, 3.63) is 70.8 Å². The molecule has 0 spiro atoms. The van der Waals surface area contributed by atoms with Gasteiger partial charge in [0.1, 0.15) is 18.2 Å². The molecule has 0 aliphatic rings. The van der Waals surface area contributed by atoms with E-state index in [9.17, 15) is 0 Å². The number of nitrogen functional groups attached to an aromatic ring is 1. The Hall–Kier alpha value is -3.37. The number of para-hydroxylation sites is 1. The summed E-state index contributed by atoms with van der Waals surface area (Å²) in [6.45, 7) is 2.29. The number of nitrogens with two attached hydrogens (primary N) is 1. The minimum atomic E-state index is 0.154. The highest BCUT2D eigenvalue weighted by Gasteiger charge is 2.12. The number of nitrogens with one attached hydrogen (secondary N) is 1. The summed E-state index contributed by atoms with van der Waals surface area (Å²) in [5, 5.41) is 13.0. The number of aromatic nitrogens is 6. The van der Waals surface area contributed by atoms with Crippen LogP contribution >= 0.6 is 23.4 Å². The summed E-state index contributed by atoms with van der Waals surface area (Å²) in [6.07, 6.45) is 0. The second kappa shape index (κ2) is 9.84. The van der Waals surface area contributed by atoms with Crippen LogP contribution in [0.1, 0.15) is 17.2 Å². The summed E-state index contributed by atoms with van der Waals surface area (Å²) >= 11 is 7.35. The summed E-state index contributed by atoms with van der Waals surface area (Å²) in [5.41, 5.74) is 7.88. The minimum absolute atomic E-state index is 0.154. The van der Waals surface area contributed by atoms with Gasteiger partial charge in [-0.15, -0.1) is 10.2 Å². The van der Waals surface area contributed by atoms with Crippen LogP contribution in [0, 0.1) is 6.92 Å². The predicted molar refractivity (Wildman–Crippen MR) is 125 cm³/mol. The van der Waals surface area contributed by atoms with E-state index >= 15 is 0 Å². The molecule has 0 aliphatic heterocycles. The molecule has 2 heterocycles. The number of hydrogen-bond donors (Lipinski definition) is 2. The third-order valence-electron chi connectivity index (χ3n) is 4.53. The van der Waals surface area contributed by atoms with Crippen molar-refractivity contribution in [2.75, 3.05) is 11.1 Å². The van der Waals surface area contributed by atoms with Gasteiger partial charge in [0.25, 0.3) is 0 Å². The van der Waals surface area contributed by atoms with E-state index < -0.39 is 0 Å². The Labute approximate surface area is 194 Å². The first kappa shape index (κ1) is 21.8. The van der Waals surface area contributed by atoms with Crippen molar-refractivity contribution in [3.63, 3.8) is 0 Å². The Morgan fingerprint density at radius 1 is 1.06 bits per heavy atom. The molecule has 9 nitrogen and oxygen atoms in total. The molecule has 0 bridgehead atoms. The Kier molecular flexibility index (Phi) is 6.72. The molecular formula is C21H21ClN8OS. The Morgan fingerprint density at radius 2 is 1.84 bits per heavy atom. The molecule has 4 rings (SSSR count). The third kappa shape index (κ3) is 5.45. The lowest BCUT2D eigenvalue weighted by atomic mass is 10.2. The van der Waals surface area contributed by atoms with Crippen molar-refractivity contribution >= 4 is 40.9 Å². The maximum atomic E-state index is 5.90. The molecule has 11 heteroatoms. The van der Waals surface area contributed by atoms with E-state index in [2.05, 4.69) is 30.5 Å². The third-order valence-corrected chi connectivity index (χ3v) is 5.80. The summed E-state index contributed by atoms with van der Waals surface area (Å²) in [5.74, 6) is 2.96. The summed E-state index contributed by atoms with van der Waals surface area (Å²) in [7, 11) is 1.88. The van der Waals surface area contributed by atoms with Gasteiger partial charge in [-0.3, -0.25) is 0 Å². The lowest BCUT2D eigenvalue weighted by molar-refractivity contribution is 0.290. The zero-order chi connectivity index (χ0) is 22.5. The second-order valence-corrected chi connectivity index (χ2v) is 8.24. The lowest BCUT2D eigenvalue weighted by Crippen LogP contribution is -2.07. The fourth-order valence-corrected chi connectivity index (χ4v) is 3.71. The van der Waals surface area contributed by atoms with Crippen LogP contribution in [0.25, 0.3) is 0 Å². The molecule has 0 saturated carbocycles. The van der Waals surface area contributed by atoms with Crippen LogP contribution < -0.4 is 15.8 Å². The van der Waals surface area contributed by atoms with Gasteiger partial charge in [0.15, 0.2) is 11.0 Å². The molecule has 0 unspecified atom stereocenters. The molecule has 2 aromatic heterocycles. The van der Waals surface area contributed by atoms with Crippen LogP contribution in [-0.2, 0) is 19.4 Å². The Morgan fingerprint density at radius 3 is 2.62 bits per heavy atom. The molecule has 164 valence electrons. The first-order chi connectivity index (χ1) is 15.5. The van der Waals surface area contributed by atoms with E-state index in [0.29, 0.717) is 39.3 Å². The van der Waals surface area contributed by atoms with E-state index in [-0.39, 0.29) is 12.6 Å². The standard InChI is InChI=1S/C21H21ClN8OS/c1-13-5-3-4-6-16(13)24-20-26-17(25-19(23)27-20)12-32-21-29-28-18(30(21)2)11-31-15-9-7-14(22)8-10-15/h3-10H,11-12H2,1-2H3,(H3,23,24,25,26,27). The predicted octanol–water partition coefficient (Wildman–Crippen LogP) is 4.16. The van der Waals surface area contributed by atoms with Gasteiger partial charge in [0.05, 0.1) is 5.75 Å². The van der Waals surface area contributed by atoms with Gasteiger partial charge >= 0.3 is 0 Å². The van der Waals surface area contributed by atoms with Gasteiger partial charge in [0, 0.05) is 17.8 Å². The first-order valence-corrected chi connectivity index (χ1v) is 11.1. The number of thioether (sulfide) groups is 1. The molecule has 0 atom stereocenters. The summed E-state index contributed by atoms with van der Waals surface area (Å²) in [6, 6.07) is 15.0. The van der Waals surface area contributed by atoms with Crippen molar-refractivity contribution in [1.29, 1.82) is 0 Å². The number of halogens is 1. The molecule has 0 fully saturated rings. The number of rotatable bonds is 8. The number of anilines is 3. The minimum Gasteiger partial charge on any atom is -0.486 e. The highest BCUT2D eigenvalue weighted by atomic mass is 35.5. The van der Waals surface area contributed by atoms with Crippen molar-refractivity contribution in [3.8, 4) is 5.75 Å². The average Bonchev–Trinajstić information content (AvgIpc) is 3.12. The van der Waals surface area contributed by atoms with E-state index in [4.69, 9.17) is 22.1 Å². The fraction of sp³-hybridized carbons (Fsp3) is 0.190. The van der Waals surface area contributed by atoms with Crippen LogP contribution in [0.5, 0.6) is 5.75 Å². The molecule has 0 saturated heterocycles. The number of hydrogen-bond acceptors (Lipinski definition) is 9. The van der Waals surface area contributed by atoms with Crippen LogP contribution in [-0.4, -0.2) is 29.7 Å². The number of benzene rings is 2. The maximum Gasteiger partial charge on any atom is 0.232 e. The van der Waals surface area contributed by atoms with E-state index in [1.165, 1.54) is 11.8 Å². The molecule has 0 amide bonds. The molecule has 0 radical (unpaired) electrons. The normalized spacial score (nSPS) is 10.8. The van der Waals surface area contributed by atoms with Crippen molar-refractivity contribution in [1.82, 2.24) is 29.7 Å². The number of ether oxygens (including phenoxy) is 1. The Bertz CT molecular complexity index is 1210. The average molecular weight is 469 g/mol. The number of nitrogens with zero attached hydrogens (tertiary/aromatic N) is 6. The molecule has 3 N–H and O–H groups in total. The quantitative estimate of drug-likeness (QED) is 0.367. The molecular weight excluding hydrogens is 448 g/mol. The lowest BCUT2D eigenvalue weighted by Gasteiger charge is -2.09. The summed E-state index contributed by atoms with van der Waals surface area (Å²) in [4.78, 5) is 12.9. The smallest absolute Gasteiger partial charge is 0.232 e. The molecule has 2 aromatic carbocycles. The first-order valence-electron chi connectivity index (χ1n) is 9.70. The van der Waals surface area contributed by atoms with Crippen LogP contribution in [0.4, 0.5) is 17.6 Å². The van der Waals surface area contributed by atoms with Gasteiger partial charge in [0.2, 0.25) is 11.9 Å². The molecule has 32 heavy (non-hydrogen) atoms. The van der Waals surface area contributed by atoms with Crippen LogP contribution in [0.15, 0.2) is 53.7 Å². The topological polar surface area (TPSA) is 117 Å².